The van der Waals surface area contributed by atoms with Crippen molar-refractivity contribution >= 4 is 17.1 Å². The van der Waals surface area contributed by atoms with Crippen molar-refractivity contribution in [1.29, 1.82) is 0 Å². The summed E-state index contributed by atoms with van der Waals surface area (Å²) in [5.41, 5.74) is 2.72. The van der Waals surface area contributed by atoms with Gasteiger partial charge in [-0.3, -0.25) is 0 Å². The van der Waals surface area contributed by atoms with Crippen LogP contribution in [0.15, 0.2) is 24.9 Å². The van der Waals surface area contributed by atoms with Gasteiger partial charge in [0.25, 0.3) is 0 Å². The minimum Gasteiger partial charge on any atom is -0.491 e. The molecule has 5 heteroatoms. The number of unbranched alkanes of at least 4 members (excludes halogenated alkanes) is 1. The summed E-state index contributed by atoms with van der Waals surface area (Å²) < 4.78 is 12.2. The van der Waals surface area contributed by atoms with Crippen LogP contribution in [-0.2, 0) is 4.74 Å². The number of hydrogen-bond acceptors (Lipinski definition) is 4. The van der Waals surface area contributed by atoms with E-state index < -0.39 is 5.97 Å². The molecule has 0 saturated carbocycles. The maximum absolute atomic E-state index is 11.7. The van der Waals surface area contributed by atoms with Gasteiger partial charge >= 0.3 is 5.97 Å². The second kappa shape index (κ2) is 6.43. The van der Waals surface area contributed by atoms with E-state index in [0.717, 1.165) is 29.9 Å². The molecule has 0 unspecified atom stereocenters. The van der Waals surface area contributed by atoms with Crippen molar-refractivity contribution < 1.29 is 14.3 Å². The third kappa shape index (κ3) is 2.91. The maximum atomic E-state index is 11.7. The highest BCUT2D eigenvalue weighted by Gasteiger charge is 2.17. The highest BCUT2D eigenvalue weighted by atomic mass is 16.5. The van der Waals surface area contributed by atoms with E-state index in [0.29, 0.717) is 17.7 Å². The zero-order chi connectivity index (χ0) is 15.4. The van der Waals surface area contributed by atoms with Crippen molar-refractivity contribution in [3.05, 3.63) is 36.2 Å². The molecule has 0 atom stereocenters. The minimum atomic E-state index is -0.405. The van der Waals surface area contributed by atoms with Crippen LogP contribution >= 0.6 is 0 Å². The Morgan fingerprint density at radius 1 is 1.43 bits per heavy atom. The molecule has 2 aromatic heterocycles. The molecule has 5 nitrogen and oxygen atoms in total. The fourth-order valence-corrected chi connectivity index (χ4v) is 2.14. The number of rotatable bonds is 6. The van der Waals surface area contributed by atoms with Gasteiger partial charge in [0.1, 0.15) is 17.0 Å². The van der Waals surface area contributed by atoms with E-state index in [9.17, 15) is 4.79 Å². The second-order valence-corrected chi connectivity index (χ2v) is 4.88. The average Bonchev–Trinajstić information content (AvgIpc) is 2.89. The van der Waals surface area contributed by atoms with Crippen LogP contribution in [0.2, 0.25) is 0 Å². The third-order valence-corrected chi connectivity index (χ3v) is 3.21. The SMILES string of the molecule is C=C(C)c1c(OCCCC)ccc2c(C(=O)OC)cnn12. The highest BCUT2D eigenvalue weighted by molar-refractivity contribution is 5.97. The van der Waals surface area contributed by atoms with Crippen LogP contribution in [0.3, 0.4) is 0 Å². The lowest BCUT2D eigenvalue weighted by molar-refractivity contribution is 0.0603. The Morgan fingerprint density at radius 3 is 2.81 bits per heavy atom. The number of carbonyl (C=O) groups is 1. The number of aromatic nitrogens is 2. The molecule has 0 amide bonds. The molecule has 0 N–H and O–H groups in total. The Morgan fingerprint density at radius 2 is 2.19 bits per heavy atom. The Hall–Kier alpha value is -2.30. The van der Waals surface area contributed by atoms with E-state index in [4.69, 9.17) is 9.47 Å². The number of esters is 1. The number of carbonyl (C=O) groups excluding carboxylic acids is 1. The van der Waals surface area contributed by atoms with Crippen molar-refractivity contribution in [3.63, 3.8) is 0 Å². The van der Waals surface area contributed by atoms with Crippen LogP contribution in [0, 0.1) is 0 Å². The molecule has 0 saturated heterocycles. The largest absolute Gasteiger partial charge is 0.491 e. The zero-order valence-electron chi connectivity index (χ0n) is 12.7. The molecular weight excluding hydrogens is 268 g/mol. The summed E-state index contributed by atoms with van der Waals surface area (Å²) in [5.74, 6) is 0.320. The van der Waals surface area contributed by atoms with Crippen LogP contribution in [0.4, 0.5) is 0 Å². The molecule has 2 heterocycles. The van der Waals surface area contributed by atoms with Crippen molar-refractivity contribution in [2.45, 2.75) is 26.7 Å². The molecule has 0 aliphatic rings. The van der Waals surface area contributed by atoms with Gasteiger partial charge in [-0.2, -0.15) is 5.10 Å². The number of fused-ring (bicyclic) bond motifs is 1. The predicted octanol–water partition coefficient (Wildman–Crippen LogP) is 3.33. The van der Waals surface area contributed by atoms with Crippen LogP contribution < -0.4 is 4.74 Å². The van der Waals surface area contributed by atoms with Gasteiger partial charge in [0.05, 0.1) is 25.4 Å². The molecule has 0 aromatic carbocycles. The van der Waals surface area contributed by atoms with Crippen molar-refractivity contribution in [2.24, 2.45) is 0 Å². The molecule has 0 fully saturated rings. The summed E-state index contributed by atoms with van der Waals surface area (Å²) in [6.45, 7) is 8.63. The Balaban J connectivity index is 2.51. The number of hydrogen-bond donors (Lipinski definition) is 0. The number of pyridine rings is 1. The molecule has 0 aliphatic carbocycles. The van der Waals surface area contributed by atoms with E-state index in [1.54, 1.807) is 4.52 Å². The average molecular weight is 288 g/mol. The molecular formula is C16H20N2O3. The number of nitrogens with zero attached hydrogens (tertiary/aromatic N) is 2. The van der Waals surface area contributed by atoms with Gasteiger partial charge in [-0.1, -0.05) is 19.9 Å². The molecule has 0 radical (unpaired) electrons. The first-order valence-corrected chi connectivity index (χ1v) is 6.97. The van der Waals surface area contributed by atoms with Crippen LogP contribution in [0.1, 0.15) is 42.7 Å². The molecule has 2 rings (SSSR count). The van der Waals surface area contributed by atoms with Gasteiger partial charge in [-0.05, 0) is 31.1 Å². The maximum Gasteiger partial charge on any atom is 0.341 e. The standard InChI is InChI=1S/C16H20N2O3/c1-5-6-9-21-14-8-7-13-12(16(19)20-4)10-17-18(13)15(14)11(2)3/h7-8,10H,2,5-6,9H2,1,3-4H3. The van der Waals surface area contributed by atoms with Crippen LogP contribution in [-0.4, -0.2) is 29.3 Å². The lowest BCUT2D eigenvalue weighted by atomic mass is 10.1. The number of methoxy groups -OCH3 is 1. The van der Waals surface area contributed by atoms with Crippen LogP contribution in [0.25, 0.3) is 11.1 Å². The van der Waals surface area contributed by atoms with E-state index in [-0.39, 0.29) is 0 Å². The molecule has 0 bridgehead atoms. The summed E-state index contributed by atoms with van der Waals surface area (Å²) in [7, 11) is 1.35. The topological polar surface area (TPSA) is 52.8 Å². The van der Waals surface area contributed by atoms with Gasteiger partial charge in [-0.15, -0.1) is 0 Å². The smallest absolute Gasteiger partial charge is 0.341 e. The first kappa shape index (κ1) is 15.1. The van der Waals surface area contributed by atoms with E-state index in [2.05, 4.69) is 18.6 Å². The summed E-state index contributed by atoms with van der Waals surface area (Å²) in [4.78, 5) is 11.7. The summed E-state index contributed by atoms with van der Waals surface area (Å²) >= 11 is 0. The zero-order valence-corrected chi connectivity index (χ0v) is 12.7. The molecule has 2 aromatic rings. The monoisotopic (exact) mass is 288 g/mol. The summed E-state index contributed by atoms with van der Waals surface area (Å²) in [6, 6.07) is 3.66. The number of ether oxygens (including phenoxy) is 2. The Labute approximate surface area is 124 Å². The van der Waals surface area contributed by atoms with Crippen molar-refractivity contribution in [2.75, 3.05) is 13.7 Å². The third-order valence-electron chi connectivity index (χ3n) is 3.21. The van der Waals surface area contributed by atoms with E-state index >= 15 is 0 Å². The number of allylic oxidation sites excluding steroid dienone is 1. The first-order valence-electron chi connectivity index (χ1n) is 6.97. The van der Waals surface area contributed by atoms with Gasteiger partial charge in [0, 0.05) is 0 Å². The molecule has 0 aliphatic heterocycles. The van der Waals surface area contributed by atoms with Gasteiger partial charge < -0.3 is 9.47 Å². The Bertz CT molecular complexity index is 673. The minimum absolute atomic E-state index is 0.405. The molecule has 21 heavy (non-hydrogen) atoms. The normalized spacial score (nSPS) is 10.6. The summed E-state index contributed by atoms with van der Waals surface area (Å²) in [5, 5.41) is 4.27. The van der Waals surface area contributed by atoms with Crippen LogP contribution in [0.5, 0.6) is 5.75 Å². The van der Waals surface area contributed by atoms with Gasteiger partial charge in [-0.25, -0.2) is 9.31 Å². The summed E-state index contributed by atoms with van der Waals surface area (Å²) in [6.07, 6.45) is 3.56. The fraction of sp³-hybridized carbons (Fsp3) is 0.375. The lowest BCUT2D eigenvalue weighted by Gasteiger charge is -2.13. The molecule has 0 spiro atoms. The first-order chi connectivity index (χ1) is 10.1. The predicted molar refractivity (Wildman–Crippen MR) is 81.6 cm³/mol. The fourth-order valence-electron chi connectivity index (χ4n) is 2.14. The second-order valence-electron chi connectivity index (χ2n) is 4.88. The van der Waals surface area contributed by atoms with E-state index in [1.807, 2.05) is 19.1 Å². The van der Waals surface area contributed by atoms with E-state index in [1.165, 1.54) is 13.3 Å². The van der Waals surface area contributed by atoms with Crippen molar-refractivity contribution in [1.82, 2.24) is 9.61 Å². The highest BCUT2D eigenvalue weighted by Crippen LogP contribution is 2.28. The lowest BCUT2D eigenvalue weighted by Crippen LogP contribution is -2.05. The van der Waals surface area contributed by atoms with Gasteiger partial charge in [0.2, 0.25) is 0 Å². The molecule has 112 valence electrons. The quantitative estimate of drug-likeness (QED) is 0.604. The van der Waals surface area contributed by atoms with Crippen molar-refractivity contribution in [3.8, 4) is 5.75 Å². The Kier molecular flexibility index (Phi) is 4.62. The van der Waals surface area contributed by atoms with Gasteiger partial charge in [0.15, 0.2) is 0 Å².